The highest BCUT2D eigenvalue weighted by Gasteiger charge is 2.19. The number of thiazole rings is 1. The first-order chi connectivity index (χ1) is 16.0. The fourth-order valence-corrected chi connectivity index (χ4v) is 6.15. The molecule has 0 amide bonds. The van der Waals surface area contributed by atoms with Crippen LogP contribution < -0.4 is 19.5 Å². The minimum atomic E-state index is -1.54. The van der Waals surface area contributed by atoms with Crippen LogP contribution >= 0.6 is 11.3 Å². The molecular weight excluding hydrogens is 456 g/mol. The molecule has 0 spiro atoms. The Balaban J connectivity index is 1.57. The van der Waals surface area contributed by atoms with E-state index in [0.717, 1.165) is 26.8 Å². The highest BCUT2D eigenvalue weighted by Crippen LogP contribution is 2.37. The lowest BCUT2D eigenvalue weighted by Crippen LogP contribution is -2.21. The molecule has 2 aromatic heterocycles. The molecule has 33 heavy (non-hydrogen) atoms. The first-order valence-corrected chi connectivity index (χ1v) is 13.1. The summed E-state index contributed by atoms with van der Waals surface area (Å²) in [6, 6.07) is 8.12. The van der Waals surface area contributed by atoms with E-state index in [-0.39, 0.29) is 0 Å². The number of rotatable bonds is 8. The fraction of sp³-hybridized carbons (Fsp3) is 0.417. The first-order valence-electron chi connectivity index (χ1n) is 11.1. The van der Waals surface area contributed by atoms with Crippen molar-refractivity contribution in [3.05, 3.63) is 41.7 Å². The number of benzene rings is 1. The van der Waals surface area contributed by atoms with E-state index in [0.29, 0.717) is 28.3 Å². The number of pyridine rings is 1. The Morgan fingerprint density at radius 2 is 1.88 bits per heavy atom. The van der Waals surface area contributed by atoms with Gasteiger partial charge in [-0.2, -0.15) is 0 Å². The predicted molar refractivity (Wildman–Crippen MR) is 135 cm³/mol. The van der Waals surface area contributed by atoms with Gasteiger partial charge in [-0.3, -0.25) is 4.72 Å². The minimum absolute atomic E-state index is 0.502. The molecule has 1 unspecified atom stereocenters. The lowest BCUT2D eigenvalue weighted by Gasteiger charge is -2.22. The zero-order chi connectivity index (χ0) is 23.4. The Morgan fingerprint density at radius 1 is 1.09 bits per heavy atom. The summed E-state index contributed by atoms with van der Waals surface area (Å²) >= 11 is 1.64. The molecule has 1 aliphatic rings. The van der Waals surface area contributed by atoms with Crippen molar-refractivity contribution >= 4 is 33.1 Å². The van der Waals surface area contributed by atoms with Crippen LogP contribution in [0.2, 0.25) is 0 Å². The third kappa shape index (κ3) is 5.47. The van der Waals surface area contributed by atoms with Gasteiger partial charge in [-0.15, -0.1) is 0 Å². The van der Waals surface area contributed by atoms with Crippen LogP contribution in [0.25, 0.3) is 10.4 Å². The van der Waals surface area contributed by atoms with E-state index in [1.165, 1.54) is 32.1 Å². The van der Waals surface area contributed by atoms with Gasteiger partial charge < -0.3 is 14.8 Å². The van der Waals surface area contributed by atoms with Crippen molar-refractivity contribution in [1.82, 2.24) is 9.97 Å². The molecule has 0 aliphatic heterocycles. The molecular formula is C24H30N4O3S2. The third-order valence-corrected chi connectivity index (χ3v) is 8.07. The second-order valence-corrected chi connectivity index (χ2v) is 10.4. The van der Waals surface area contributed by atoms with Crippen molar-refractivity contribution in [2.24, 2.45) is 0 Å². The number of anilines is 2. The Bertz CT molecular complexity index is 1140. The molecule has 7 nitrogen and oxygen atoms in total. The van der Waals surface area contributed by atoms with Crippen LogP contribution in [0.1, 0.15) is 43.4 Å². The van der Waals surface area contributed by atoms with Crippen molar-refractivity contribution in [2.75, 3.05) is 24.3 Å². The molecule has 0 saturated heterocycles. The summed E-state index contributed by atoms with van der Waals surface area (Å²) < 4.78 is 27.0. The highest BCUT2D eigenvalue weighted by molar-refractivity contribution is 7.86. The summed E-state index contributed by atoms with van der Waals surface area (Å²) in [6.45, 7) is 3.91. The van der Waals surface area contributed by atoms with Crippen LogP contribution in [0.5, 0.6) is 11.6 Å². The molecule has 176 valence electrons. The van der Waals surface area contributed by atoms with Crippen molar-refractivity contribution in [2.45, 2.75) is 56.9 Å². The number of hydrogen-bond acceptors (Lipinski definition) is 7. The molecule has 3 aromatic rings. The Labute approximate surface area is 201 Å². The summed E-state index contributed by atoms with van der Waals surface area (Å²) in [6.07, 6.45) is 7.89. The molecule has 1 fully saturated rings. The SMILES string of the molecule is COc1ccc(-c2sc(NC3CCCCC3)nc2C)cc1S(=O)Nc1cnc(OC)c(C)c1. The standard InChI is InChI=1S/C24H30N4O3S2/c1-15-12-19(14-25-23(15)31-4)28-33(29)21-13-17(10-11-20(21)30-3)22-16(2)26-24(32-22)27-18-8-6-5-7-9-18/h10-14,18,28H,5-9H2,1-4H3,(H,26,27). The second kappa shape index (κ2) is 10.5. The third-order valence-electron chi connectivity index (χ3n) is 5.79. The van der Waals surface area contributed by atoms with Gasteiger partial charge in [-0.25, -0.2) is 14.2 Å². The molecule has 0 radical (unpaired) electrons. The quantitative estimate of drug-likeness (QED) is 0.424. The minimum Gasteiger partial charge on any atom is -0.495 e. The number of aromatic nitrogens is 2. The predicted octanol–water partition coefficient (Wildman–Crippen LogP) is 5.72. The van der Waals surface area contributed by atoms with Gasteiger partial charge in [-0.05, 0) is 56.5 Å². The Kier molecular flexibility index (Phi) is 7.49. The van der Waals surface area contributed by atoms with E-state index in [1.807, 2.05) is 38.1 Å². The van der Waals surface area contributed by atoms with Crippen molar-refractivity contribution in [3.63, 3.8) is 0 Å². The number of hydrogen-bond donors (Lipinski definition) is 2. The van der Waals surface area contributed by atoms with Crippen LogP contribution in [0.3, 0.4) is 0 Å². The van der Waals surface area contributed by atoms with Gasteiger partial charge in [-0.1, -0.05) is 30.6 Å². The average Bonchev–Trinajstić information content (AvgIpc) is 3.19. The summed E-state index contributed by atoms with van der Waals surface area (Å²) in [5.41, 5.74) is 3.44. The van der Waals surface area contributed by atoms with Gasteiger partial charge in [0.2, 0.25) is 5.88 Å². The van der Waals surface area contributed by atoms with Crippen molar-refractivity contribution < 1.29 is 13.7 Å². The van der Waals surface area contributed by atoms with Crippen molar-refractivity contribution in [3.8, 4) is 22.1 Å². The molecule has 1 saturated carbocycles. The zero-order valence-electron chi connectivity index (χ0n) is 19.4. The second-order valence-electron chi connectivity index (χ2n) is 8.20. The van der Waals surface area contributed by atoms with Gasteiger partial charge in [0, 0.05) is 11.6 Å². The Morgan fingerprint density at radius 3 is 2.58 bits per heavy atom. The maximum Gasteiger partial charge on any atom is 0.216 e. The number of nitrogens with zero attached hydrogens (tertiary/aromatic N) is 2. The summed E-state index contributed by atoms with van der Waals surface area (Å²) in [4.78, 5) is 10.6. The number of methoxy groups -OCH3 is 2. The fourth-order valence-electron chi connectivity index (χ4n) is 4.10. The zero-order valence-corrected chi connectivity index (χ0v) is 21.1. The monoisotopic (exact) mass is 486 g/mol. The van der Waals surface area contributed by atoms with Gasteiger partial charge in [0.15, 0.2) is 16.1 Å². The normalized spacial score (nSPS) is 15.2. The van der Waals surface area contributed by atoms with Crippen LogP contribution in [0.15, 0.2) is 35.4 Å². The van der Waals surface area contributed by atoms with E-state index in [4.69, 9.17) is 14.5 Å². The topological polar surface area (TPSA) is 85.4 Å². The van der Waals surface area contributed by atoms with Gasteiger partial charge in [0.25, 0.3) is 0 Å². The molecule has 1 aromatic carbocycles. The van der Waals surface area contributed by atoms with Crippen molar-refractivity contribution in [1.29, 1.82) is 0 Å². The number of ether oxygens (including phenoxy) is 2. The van der Waals surface area contributed by atoms with E-state index < -0.39 is 11.0 Å². The van der Waals surface area contributed by atoms with E-state index in [2.05, 4.69) is 15.0 Å². The number of aryl methyl sites for hydroxylation is 2. The first kappa shape index (κ1) is 23.5. The number of nitrogens with one attached hydrogen (secondary N) is 2. The van der Waals surface area contributed by atoms with Crippen LogP contribution in [-0.4, -0.2) is 34.4 Å². The molecule has 0 bridgehead atoms. The summed E-state index contributed by atoms with van der Waals surface area (Å²) in [5.74, 6) is 1.11. The van der Waals surface area contributed by atoms with Gasteiger partial charge >= 0.3 is 0 Å². The smallest absolute Gasteiger partial charge is 0.216 e. The largest absolute Gasteiger partial charge is 0.495 e. The molecule has 4 rings (SSSR count). The van der Waals surface area contributed by atoms with Crippen LogP contribution in [0.4, 0.5) is 10.8 Å². The van der Waals surface area contributed by atoms with Gasteiger partial charge in [0.1, 0.15) is 10.6 Å². The highest BCUT2D eigenvalue weighted by atomic mass is 32.2. The van der Waals surface area contributed by atoms with Crippen LogP contribution in [-0.2, 0) is 11.0 Å². The molecule has 2 heterocycles. The van der Waals surface area contributed by atoms with E-state index >= 15 is 0 Å². The van der Waals surface area contributed by atoms with E-state index in [1.54, 1.807) is 31.8 Å². The van der Waals surface area contributed by atoms with Gasteiger partial charge in [0.05, 0.1) is 36.7 Å². The maximum absolute atomic E-state index is 13.2. The molecule has 2 N–H and O–H groups in total. The lowest BCUT2D eigenvalue weighted by atomic mass is 9.96. The van der Waals surface area contributed by atoms with E-state index in [9.17, 15) is 4.21 Å². The maximum atomic E-state index is 13.2. The summed E-state index contributed by atoms with van der Waals surface area (Å²) in [5, 5.41) is 4.56. The molecule has 1 atom stereocenters. The Hall–Kier alpha value is -2.65. The summed E-state index contributed by atoms with van der Waals surface area (Å²) in [7, 11) is 1.62. The van der Waals surface area contributed by atoms with Crippen LogP contribution in [0, 0.1) is 13.8 Å². The average molecular weight is 487 g/mol. The lowest BCUT2D eigenvalue weighted by molar-refractivity contribution is 0.395. The molecule has 9 heteroatoms. The molecule has 1 aliphatic carbocycles.